The minimum Gasteiger partial charge on any atom is -0.331 e. The maximum Gasteiger partial charge on any atom is 0.318 e. The lowest BCUT2D eigenvalue weighted by Gasteiger charge is -2.27. The first-order valence-electron chi connectivity index (χ1n) is 8.29. The number of carbonyl (C=O) groups is 1. The van der Waals surface area contributed by atoms with Crippen LogP contribution in [0.15, 0.2) is 30.5 Å². The molecule has 1 aliphatic rings. The quantitative estimate of drug-likeness (QED) is 0.913. The lowest BCUT2D eigenvalue weighted by molar-refractivity contribution is 0.189. The van der Waals surface area contributed by atoms with Gasteiger partial charge in [0.05, 0.1) is 18.3 Å². The van der Waals surface area contributed by atoms with Crippen LogP contribution in [0.25, 0.3) is 0 Å². The van der Waals surface area contributed by atoms with E-state index in [-0.39, 0.29) is 18.1 Å². The minimum atomic E-state index is -0.0845. The van der Waals surface area contributed by atoms with E-state index in [4.69, 9.17) is 11.6 Å². The summed E-state index contributed by atoms with van der Waals surface area (Å²) in [5.74, 6) is 0. The Morgan fingerprint density at radius 2 is 2.17 bits per heavy atom. The molecule has 6 heteroatoms. The van der Waals surface area contributed by atoms with Gasteiger partial charge in [-0.25, -0.2) is 4.79 Å². The van der Waals surface area contributed by atoms with Gasteiger partial charge in [-0.05, 0) is 38.3 Å². The van der Waals surface area contributed by atoms with E-state index < -0.39 is 0 Å². The summed E-state index contributed by atoms with van der Waals surface area (Å²) in [5.41, 5.74) is 3.13. The van der Waals surface area contributed by atoms with Crippen LogP contribution >= 0.6 is 11.6 Å². The summed E-state index contributed by atoms with van der Waals surface area (Å²) >= 11 is 6.33. The maximum absolute atomic E-state index is 12.8. The molecule has 1 aromatic carbocycles. The van der Waals surface area contributed by atoms with E-state index in [1.54, 1.807) is 0 Å². The first-order chi connectivity index (χ1) is 11.5. The Hall–Kier alpha value is -2.01. The molecule has 3 rings (SSSR count). The van der Waals surface area contributed by atoms with Crippen LogP contribution in [-0.2, 0) is 7.05 Å². The van der Waals surface area contributed by atoms with E-state index in [1.165, 1.54) is 0 Å². The molecule has 1 saturated heterocycles. The smallest absolute Gasteiger partial charge is 0.318 e. The normalized spacial score (nSPS) is 18.7. The molecular formula is C18H23ClN4O. The minimum absolute atomic E-state index is 0.0425. The van der Waals surface area contributed by atoms with Crippen LogP contribution in [0.5, 0.6) is 0 Å². The maximum atomic E-state index is 12.8. The van der Waals surface area contributed by atoms with Crippen molar-refractivity contribution in [1.29, 1.82) is 0 Å². The zero-order chi connectivity index (χ0) is 17.3. The van der Waals surface area contributed by atoms with Crippen molar-refractivity contribution in [1.82, 2.24) is 20.0 Å². The third kappa shape index (κ3) is 3.13. The van der Waals surface area contributed by atoms with E-state index >= 15 is 0 Å². The molecule has 1 aliphatic heterocycles. The van der Waals surface area contributed by atoms with Gasteiger partial charge >= 0.3 is 6.03 Å². The van der Waals surface area contributed by atoms with Gasteiger partial charge < -0.3 is 10.2 Å². The topological polar surface area (TPSA) is 50.2 Å². The number of aromatic nitrogens is 2. The van der Waals surface area contributed by atoms with Crippen molar-refractivity contribution in [3.05, 3.63) is 52.3 Å². The molecule has 0 saturated carbocycles. The number of urea groups is 1. The van der Waals surface area contributed by atoms with E-state index in [9.17, 15) is 4.79 Å². The van der Waals surface area contributed by atoms with Gasteiger partial charge in [0.15, 0.2) is 0 Å². The predicted molar refractivity (Wildman–Crippen MR) is 95.0 cm³/mol. The Kier molecular flexibility index (Phi) is 4.81. The monoisotopic (exact) mass is 346 g/mol. The summed E-state index contributed by atoms with van der Waals surface area (Å²) < 4.78 is 1.82. The van der Waals surface area contributed by atoms with Crippen LogP contribution in [0.2, 0.25) is 5.02 Å². The van der Waals surface area contributed by atoms with Gasteiger partial charge in [-0.2, -0.15) is 5.10 Å². The zero-order valence-electron chi connectivity index (χ0n) is 14.3. The van der Waals surface area contributed by atoms with Crippen molar-refractivity contribution in [3.8, 4) is 0 Å². The van der Waals surface area contributed by atoms with Crippen molar-refractivity contribution in [2.75, 3.05) is 6.54 Å². The highest BCUT2D eigenvalue weighted by Gasteiger charge is 2.32. The van der Waals surface area contributed by atoms with E-state index in [2.05, 4.69) is 10.4 Å². The number of nitrogens with one attached hydrogen (secondary N) is 1. The van der Waals surface area contributed by atoms with Gasteiger partial charge in [0.2, 0.25) is 0 Å². The van der Waals surface area contributed by atoms with Crippen LogP contribution in [0.4, 0.5) is 4.79 Å². The van der Waals surface area contributed by atoms with Crippen molar-refractivity contribution >= 4 is 17.6 Å². The summed E-state index contributed by atoms with van der Waals surface area (Å²) in [7, 11) is 1.90. The lowest BCUT2D eigenvalue weighted by atomic mass is 10.0. The number of aryl methyl sites for hydroxylation is 1. The fourth-order valence-electron chi connectivity index (χ4n) is 3.37. The number of rotatable bonds is 3. The molecule has 1 fully saturated rings. The van der Waals surface area contributed by atoms with Gasteiger partial charge in [0, 0.05) is 29.9 Å². The largest absolute Gasteiger partial charge is 0.331 e. The van der Waals surface area contributed by atoms with Crippen LogP contribution in [0.1, 0.15) is 48.7 Å². The number of carbonyl (C=O) groups excluding carboxylic acids is 1. The molecule has 0 unspecified atom stereocenters. The third-order valence-corrected chi connectivity index (χ3v) is 5.20. The standard InChI is InChI=1S/C18H23ClN4O/c1-12(15-11-20-22(3)13(15)2)21-18(24)23-10-6-9-17(23)14-7-4-5-8-16(14)19/h4-5,7-8,11-12,17H,6,9-10H2,1-3H3,(H,21,24)/t12-,17-/m0/s1. The third-order valence-electron chi connectivity index (χ3n) is 4.86. The summed E-state index contributed by atoms with van der Waals surface area (Å²) in [5, 5.41) is 8.07. The Morgan fingerprint density at radius 1 is 1.42 bits per heavy atom. The van der Waals surface area contributed by atoms with Gasteiger partial charge in [0.25, 0.3) is 0 Å². The number of nitrogens with zero attached hydrogens (tertiary/aromatic N) is 3. The number of amides is 2. The van der Waals surface area contributed by atoms with Crippen molar-refractivity contribution in [2.45, 2.75) is 38.8 Å². The fourth-order valence-corrected chi connectivity index (χ4v) is 3.63. The molecule has 1 aromatic heterocycles. The van der Waals surface area contributed by atoms with E-state index in [0.717, 1.165) is 41.2 Å². The Labute approximate surface area is 147 Å². The van der Waals surface area contributed by atoms with Gasteiger partial charge in [0.1, 0.15) is 0 Å². The molecule has 0 aliphatic carbocycles. The number of benzene rings is 1. The summed E-state index contributed by atoms with van der Waals surface area (Å²) in [6.45, 7) is 4.75. The van der Waals surface area contributed by atoms with E-state index in [0.29, 0.717) is 0 Å². The summed E-state index contributed by atoms with van der Waals surface area (Å²) in [4.78, 5) is 14.7. The average molecular weight is 347 g/mol. The van der Waals surface area contributed by atoms with Crippen LogP contribution in [0.3, 0.4) is 0 Å². The fraction of sp³-hybridized carbons (Fsp3) is 0.444. The molecule has 128 valence electrons. The van der Waals surface area contributed by atoms with Gasteiger partial charge in [-0.15, -0.1) is 0 Å². The molecule has 2 amide bonds. The van der Waals surface area contributed by atoms with Gasteiger partial charge in [-0.3, -0.25) is 4.68 Å². The molecule has 1 N–H and O–H groups in total. The molecule has 2 heterocycles. The molecule has 2 aromatic rings. The highest BCUT2D eigenvalue weighted by atomic mass is 35.5. The molecule has 2 atom stereocenters. The van der Waals surface area contributed by atoms with Crippen molar-refractivity contribution < 1.29 is 4.79 Å². The average Bonchev–Trinajstić information content (AvgIpc) is 3.16. The molecule has 24 heavy (non-hydrogen) atoms. The van der Waals surface area contributed by atoms with Crippen molar-refractivity contribution in [3.63, 3.8) is 0 Å². The second-order valence-electron chi connectivity index (χ2n) is 6.35. The molecule has 0 radical (unpaired) electrons. The number of hydrogen-bond donors (Lipinski definition) is 1. The van der Waals surface area contributed by atoms with Gasteiger partial charge in [-0.1, -0.05) is 29.8 Å². The SMILES string of the molecule is Cc1c([C@H](C)NC(=O)N2CCC[C@H]2c2ccccc2Cl)cnn1C. The second kappa shape index (κ2) is 6.85. The zero-order valence-corrected chi connectivity index (χ0v) is 15.0. The summed E-state index contributed by atoms with van der Waals surface area (Å²) in [6.07, 6.45) is 3.75. The predicted octanol–water partition coefficient (Wildman–Crippen LogP) is 3.99. The first kappa shape index (κ1) is 16.8. The Balaban J connectivity index is 1.74. The number of halogens is 1. The highest BCUT2D eigenvalue weighted by molar-refractivity contribution is 6.31. The second-order valence-corrected chi connectivity index (χ2v) is 6.76. The lowest BCUT2D eigenvalue weighted by Crippen LogP contribution is -2.40. The Morgan fingerprint density at radius 3 is 2.83 bits per heavy atom. The summed E-state index contributed by atoms with van der Waals surface area (Å²) in [6, 6.07) is 7.68. The number of hydrogen-bond acceptors (Lipinski definition) is 2. The van der Waals surface area contributed by atoms with Crippen LogP contribution in [0, 0.1) is 6.92 Å². The first-order valence-corrected chi connectivity index (χ1v) is 8.67. The molecule has 0 spiro atoms. The van der Waals surface area contributed by atoms with Crippen LogP contribution in [-0.4, -0.2) is 27.3 Å². The van der Waals surface area contributed by atoms with Crippen molar-refractivity contribution in [2.24, 2.45) is 7.05 Å². The highest BCUT2D eigenvalue weighted by Crippen LogP contribution is 2.35. The van der Waals surface area contributed by atoms with Crippen LogP contribution < -0.4 is 5.32 Å². The molecule has 5 nitrogen and oxygen atoms in total. The van der Waals surface area contributed by atoms with E-state index in [1.807, 2.05) is 60.9 Å². The number of likely N-dealkylation sites (tertiary alicyclic amines) is 1. The molecule has 0 bridgehead atoms. The molecular weight excluding hydrogens is 324 g/mol. The Bertz CT molecular complexity index is 742.